The van der Waals surface area contributed by atoms with Gasteiger partial charge in [0.25, 0.3) is 0 Å². The van der Waals surface area contributed by atoms with Crippen molar-refractivity contribution in [2.45, 2.75) is 23.6 Å². The summed E-state index contributed by atoms with van der Waals surface area (Å²) in [5.74, 6) is 0.340. The fourth-order valence-electron chi connectivity index (χ4n) is 2.45. The molecule has 2 aliphatic heterocycles. The number of nitrogens with zero attached hydrogens (tertiary/aromatic N) is 1. The summed E-state index contributed by atoms with van der Waals surface area (Å²) in [6.07, 6.45) is 2.35. The fourth-order valence-corrected chi connectivity index (χ4v) is 4.81. The SMILES string of the molecule is O=C([O-])C1C(=CCSCc2ccccc2)SC2CC(=O)N21.[K+]. The standard InChI is InChI=1S/C15H15NO3S2.K/c17-12-8-13-16(12)14(15(18)19)11(21-13)6-7-20-9-10-4-2-1-3-5-10;/h1-6,13-14H,7-9H2,(H,18,19);/q;+1/p-1. The summed E-state index contributed by atoms with van der Waals surface area (Å²) < 4.78 is 0. The molecule has 1 aromatic carbocycles. The predicted molar refractivity (Wildman–Crippen MR) is 82.3 cm³/mol. The second-order valence-corrected chi connectivity index (χ2v) is 7.19. The minimum absolute atomic E-state index is 0. The third-order valence-corrected chi connectivity index (χ3v) is 5.77. The number of carbonyl (C=O) groups is 2. The molecule has 22 heavy (non-hydrogen) atoms. The van der Waals surface area contributed by atoms with E-state index in [0.29, 0.717) is 6.42 Å². The van der Waals surface area contributed by atoms with E-state index in [-0.39, 0.29) is 62.7 Å². The van der Waals surface area contributed by atoms with Gasteiger partial charge in [-0.05, 0) is 5.56 Å². The molecule has 2 heterocycles. The van der Waals surface area contributed by atoms with Crippen LogP contribution >= 0.6 is 23.5 Å². The Balaban J connectivity index is 0.00000176. The molecule has 2 atom stereocenters. The number of hydrogen-bond donors (Lipinski definition) is 0. The first kappa shape index (κ1) is 18.6. The van der Waals surface area contributed by atoms with E-state index in [1.165, 1.54) is 22.2 Å². The van der Waals surface area contributed by atoms with E-state index in [4.69, 9.17) is 0 Å². The summed E-state index contributed by atoms with van der Waals surface area (Å²) in [4.78, 5) is 24.9. The molecule has 0 aromatic heterocycles. The van der Waals surface area contributed by atoms with Crippen LogP contribution in [0.1, 0.15) is 12.0 Å². The number of carboxylic acids is 1. The molecule has 1 aromatic rings. The van der Waals surface area contributed by atoms with Gasteiger partial charge < -0.3 is 14.8 Å². The van der Waals surface area contributed by atoms with Gasteiger partial charge in [-0.1, -0.05) is 36.4 Å². The van der Waals surface area contributed by atoms with Gasteiger partial charge in [0.1, 0.15) is 6.04 Å². The van der Waals surface area contributed by atoms with Crippen molar-refractivity contribution >= 4 is 35.4 Å². The Kier molecular flexibility index (Phi) is 7.07. The van der Waals surface area contributed by atoms with Gasteiger partial charge in [0.15, 0.2) is 0 Å². The number of aliphatic carboxylic acids is 1. The van der Waals surface area contributed by atoms with Gasteiger partial charge in [-0.3, -0.25) is 4.79 Å². The number of amides is 1. The molecule has 0 bridgehead atoms. The zero-order valence-corrected chi connectivity index (χ0v) is 17.0. The van der Waals surface area contributed by atoms with Crippen LogP contribution in [0.15, 0.2) is 41.3 Å². The van der Waals surface area contributed by atoms with E-state index >= 15 is 0 Å². The molecule has 4 nitrogen and oxygen atoms in total. The molecular formula is C15H14KNO3S2. The molecule has 0 spiro atoms. The van der Waals surface area contributed by atoms with Gasteiger partial charge in [-0.15, -0.1) is 11.8 Å². The van der Waals surface area contributed by atoms with Crippen LogP contribution in [0.25, 0.3) is 0 Å². The number of carbonyl (C=O) groups excluding carboxylic acids is 2. The van der Waals surface area contributed by atoms with Crippen LogP contribution in [0.2, 0.25) is 0 Å². The minimum atomic E-state index is -1.18. The van der Waals surface area contributed by atoms with Crippen LogP contribution in [0.3, 0.4) is 0 Å². The second-order valence-electron chi connectivity index (χ2n) is 4.91. The molecule has 0 N–H and O–H groups in total. The summed E-state index contributed by atoms with van der Waals surface area (Å²) in [6, 6.07) is 9.25. The number of carboxylic acid groups (broad SMARTS) is 1. The molecule has 0 radical (unpaired) electrons. The Morgan fingerprint density at radius 3 is 2.77 bits per heavy atom. The Morgan fingerprint density at radius 2 is 2.14 bits per heavy atom. The molecule has 2 saturated heterocycles. The first-order chi connectivity index (χ1) is 10.2. The third-order valence-electron chi connectivity index (χ3n) is 3.50. The first-order valence-corrected chi connectivity index (χ1v) is 8.70. The van der Waals surface area contributed by atoms with E-state index < -0.39 is 12.0 Å². The summed E-state index contributed by atoms with van der Waals surface area (Å²) in [7, 11) is 0. The van der Waals surface area contributed by atoms with E-state index in [0.717, 1.165) is 16.4 Å². The van der Waals surface area contributed by atoms with Crippen molar-refractivity contribution in [1.82, 2.24) is 4.90 Å². The molecule has 2 fully saturated rings. The maximum atomic E-state index is 11.5. The van der Waals surface area contributed by atoms with Crippen LogP contribution in [0.5, 0.6) is 0 Å². The number of thioether (sulfide) groups is 2. The van der Waals surface area contributed by atoms with E-state index in [2.05, 4.69) is 12.1 Å². The number of rotatable bonds is 5. The molecule has 2 aliphatic rings. The summed E-state index contributed by atoms with van der Waals surface area (Å²) >= 11 is 3.20. The summed E-state index contributed by atoms with van der Waals surface area (Å²) in [5, 5.41) is 11.2. The van der Waals surface area contributed by atoms with Crippen molar-refractivity contribution in [2.24, 2.45) is 0 Å². The second kappa shape index (κ2) is 8.37. The van der Waals surface area contributed by atoms with Crippen LogP contribution in [-0.4, -0.2) is 33.9 Å². The van der Waals surface area contributed by atoms with Gasteiger partial charge in [0.2, 0.25) is 5.91 Å². The van der Waals surface area contributed by atoms with Crippen molar-refractivity contribution in [1.29, 1.82) is 0 Å². The number of fused-ring (bicyclic) bond motifs is 1. The average molecular weight is 360 g/mol. The third kappa shape index (κ3) is 4.01. The predicted octanol–water partition coefficient (Wildman–Crippen LogP) is -1.77. The van der Waals surface area contributed by atoms with E-state index in [9.17, 15) is 14.7 Å². The van der Waals surface area contributed by atoms with Crippen LogP contribution < -0.4 is 56.5 Å². The van der Waals surface area contributed by atoms with Crippen molar-refractivity contribution in [3.8, 4) is 0 Å². The van der Waals surface area contributed by atoms with Crippen LogP contribution in [-0.2, 0) is 15.3 Å². The van der Waals surface area contributed by atoms with Crippen molar-refractivity contribution in [3.05, 3.63) is 46.9 Å². The Bertz CT molecular complexity index is 594. The Labute approximate surface area is 180 Å². The number of β-lactam (4-membered cyclic amide) rings is 1. The van der Waals surface area contributed by atoms with Crippen molar-refractivity contribution in [3.63, 3.8) is 0 Å². The molecular weight excluding hydrogens is 345 g/mol. The van der Waals surface area contributed by atoms with Gasteiger partial charge in [-0.2, -0.15) is 11.8 Å². The molecule has 7 heteroatoms. The number of benzene rings is 1. The maximum absolute atomic E-state index is 11.5. The quantitative estimate of drug-likeness (QED) is 0.354. The van der Waals surface area contributed by atoms with Crippen LogP contribution in [0.4, 0.5) is 0 Å². The summed E-state index contributed by atoms with van der Waals surface area (Å²) in [5.41, 5.74) is 1.25. The zero-order valence-electron chi connectivity index (χ0n) is 12.2. The maximum Gasteiger partial charge on any atom is 1.00 e. The normalized spacial score (nSPS) is 24.6. The van der Waals surface area contributed by atoms with Crippen LogP contribution in [0, 0.1) is 0 Å². The largest absolute Gasteiger partial charge is 1.00 e. The van der Waals surface area contributed by atoms with Crippen molar-refractivity contribution < 1.29 is 66.1 Å². The molecule has 0 aliphatic carbocycles. The zero-order chi connectivity index (χ0) is 14.8. The molecule has 3 rings (SSSR count). The van der Waals surface area contributed by atoms with Gasteiger partial charge in [-0.25, -0.2) is 0 Å². The smallest absolute Gasteiger partial charge is 0.547 e. The fraction of sp³-hybridized carbons (Fsp3) is 0.333. The van der Waals surface area contributed by atoms with Crippen molar-refractivity contribution in [2.75, 3.05) is 5.75 Å². The average Bonchev–Trinajstić information content (AvgIpc) is 2.77. The molecule has 0 saturated carbocycles. The molecule has 2 unspecified atom stereocenters. The summed E-state index contributed by atoms with van der Waals surface area (Å²) in [6.45, 7) is 0. The Hall–Kier alpha value is 0.236. The van der Waals surface area contributed by atoms with E-state index in [1.54, 1.807) is 11.8 Å². The monoisotopic (exact) mass is 359 g/mol. The molecule has 1 amide bonds. The van der Waals surface area contributed by atoms with Gasteiger partial charge in [0, 0.05) is 16.4 Å². The topological polar surface area (TPSA) is 60.4 Å². The Morgan fingerprint density at radius 1 is 1.41 bits per heavy atom. The van der Waals surface area contributed by atoms with Gasteiger partial charge >= 0.3 is 51.4 Å². The molecule has 110 valence electrons. The minimum Gasteiger partial charge on any atom is -0.547 e. The first-order valence-electron chi connectivity index (χ1n) is 6.67. The van der Waals surface area contributed by atoms with E-state index in [1.807, 2.05) is 24.3 Å². The number of hydrogen-bond acceptors (Lipinski definition) is 5. The van der Waals surface area contributed by atoms with Gasteiger partial charge in [0.05, 0.1) is 17.8 Å².